The number of ether oxygens (including phenoxy) is 3. The van der Waals surface area contributed by atoms with E-state index in [1.807, 2.05) is 36.4 Å². The normalized spacial score (nSPS) is 17.9. The third-order valence-corrected chi connectivity index (χ3v) is 5.01. The van der Waals surface area contributed by atoms with Crippen LogP contribution in [0.5, 0.6) is 17.2 Å². The van der Waals surface area contributed by atoms with E-state index in [4.69, 9.17) is 14.2 Å². The minimum atomic E-state index is -0.385. The second-order valence-corrected chi connectivity index (χ2v) is 6.50. The fourth-order valence-corrected chi connectivity index (χ4v) is 3.72. The molecule has 0 fully saturated rings. The lowest BCUT2D eigenvalue weighted by Crippen LogP contribution is -2.28. The summed E-state index contributed by atoms with van der Waals surface area (Å²) < 4.78 is 17.8. The summed E-state index contributed by atoms with van der Waals surface area (Å²) in [5.74, 6) is 0.819. The summed E-state index contributed by atoms with van der Waals surface area (Å²) >= 11 is 0. The van der Waals surface area contributed by atoms with Crippen LogP contribution < -0.4 is 19.8 Å². The van der Waals surface area contributed by atoms with Crippen molar-refractivity contribution in [1.82, 2.24) is 4.57 Å². The van der Waals surface area contributed by atoms with Gasteiger partial charge in [0.25, 0.3) is 5.56 Å². The molecule has 26 heavy (non-hydrogen) atoms. The first-order chi connectivity index (χ1) is 12.6. The molecule has 3 heterocycles. The van der Waals surface area contributed by atoms with Crippen LogP contribution in [0.25, 0.3) is 10.9 Å². The van der Waals surface area contributed by atoms with Gasteiger partial charge in [0.15, 0.2) is 11.5 Å². The lowest BCUT2D eigenvalue weighted by molar-refractivity contribution is -0.135. The number of benzene rings is 2. The summed E-state index contributed by atoms with van der Waals surface area (Å²) in [4.78, 5) is 25.2. The first-order valence-electron chi connectivity index (χ1n) is 8.35. The molecule has 2 aromatic carbocycles. The summed E-state index contributed by atoms with van der Waals surface area (Å²) in [6, 6.07) is 13.0. The Hall–Kier alpha value is -3.28. The maximum absolute atomic E-state index is 13.0. The number of fused-ring (bicyclic) bond motifs is 3. The predicted octanol–water partition coefficient (Wildman–Crippen LogP) is 2.71. The second-order valence-electron chi connectivity index (χ2n) is 6.50. The first-order valence-corrected chi connectivity index (χ1v) is 8.35. The largest absolute Gasteiger partial charge is 0.454 e. The molecular weight excluding hydrogens is 334 g/mol. The molecule has 3 aromatic rings. The Morgan fingerprint density at radius 2 is 1.73 bits per heavy atom. The molecule has 6 heteroatoms. The Morgan fingerprint density at radius 1 is 0.962 bits per heavy atom. The fraction of sp³-hybridized carbons (Fsp3) is 0.200. The van der Waals surface area contributed by atoms with E-state index in [9.17, 15) is 9.59 Å². The molecule has 0 spiro atoms. The number of aryl methyl sites for hydroxylation is 1. The van der Waals surface area contributed by atoms with Gasteiger partial charge in [-0.15, -0.1) is 0 Å². The number of nitrogens with zero attached hydrogens (tertiary/aromatic N) is 1. The van der Waals surface area contributed by atoms with Crippen molar-refractivity contribution in [2.24, 2.45) is 7.05 Å². The number of carbonyl (C=O) groups is 1. The van der Waals surface area contributed by atoms with Crippen LogP contribution in [0.15, 0.2) is 47.3 Å². The van der Waals surface area contributed by atoms with Crippen LogP contribution in [0.3, 0.4) is 0 Å². The molecule has 1 atom stereocenters. The highest BCUT2D eigenvalue weighted by Gasteiger charge is 2.33. The average Bonchev–Trinajstić information content (AvgIpc) is 3.09. The van der Waals surface area contributed by atoms with E-state index >= 15 is 0 Å². The van der Waals surface area contributed by atoms with E-state index in [0.717, 1.165) is 16.5 Å². The van der Waals surface area contributed by atoms with Crippen molar-refractivity contribution >= 4 is 16.9 Å². The van der Waals surface area contributed by atoms with Gasteiger partial charge < -0.3 is 18.8 Å². The van der Waals surface area contributed by atoms with Crippen LogP contribution >= 0.6 is 0 Å². The van der Waals surface area contributed by atoms with Gasteiger partial charge >= 0.3 is 5.97 Å². The molecule has 0 saturated carbocycles. The van der Waals surface area contributed by atoms with E-state index in [0.29, 0.717) is 22.8 Å². The summed E-state index contributed by atoms with van der Waals surface area (Å²) in [6.07, 6.45) is 0.111. The van der Waals surface area contributed by atoms with Gasteiger partial charge in [-0.05, 0) is 23.6 Å². The van der Waals surface area contributed by atoms with Crippen molar-refractivity contribution in [3.63, 3.8) is 0 Å². The van der Waals surface area contributed by atoms with Crippen LogP contribution in [0, 0.1) is 0 Å². The number of hydrogen-bond donors (Lipinski definition) is 0. The summed E-state index contributed by atoms with van der Waals surface area (Å²) in [5.41, 5.74) is 2.07. The molecule has 0 aliphatic carbocycles. The molecular formula is C20H15NO5. The monoisotopic (exact) mass is 349 g/mol. The van der Waals surface area contributed by atoms with E-state index in [1.54, 1.807) is 17.7 Å². The zero-order valence-electron chi connectivity index (χ0n) is 14.0. The molecule has 2 aliphatic heterocycles. The van der Waals surface area contributed by atoms with E-state index in [1.165, 1.54) is 0 Å². The van der Waals surface area contributed by atoms with Crippen molar-refractivity contribution in [1.29, 1.82) is 0 Å². The van der Waals surface area contributed by atoms with Crippen molar-refractivity contribution in [3.8, 4) is 17.2 Å². The minimum Gasteiger partial charge on any atom is -0.454 e. The topological polar surface area (TPSA) is 66.8 Å². The third kappa shape index (κ3) is 2.12. The lowest BCUT2D eigenvalue weighted by Gasteiger charge is -2.25. The summed E-state index contributed by atoms with van der Waals surface area (Å²) in [6.45, 7) is 0.134. The number of esters is 1. The standard InChI is InChI=1S/C20H15NO5/c1-21-15-5-3-2-4-11(15)6-14(20(21)23)12-8-19(22)26-16-9-18-17(7-13(12)16)24-10-25-18/h2-7,9,12H,8,10H2,1H3/t12-/m1/s1. The Kier molecular flexibility index (Phi) is 3.09. The Bertz CT molecular complexity index is 1130. The number of aromatic nitrogens is 1. The van der Waals surface area contributed by atoms with Crippen LogP contribution in [-0.4, -0.2) is 17.3 Å². The number of hydrogen-bond acceptors (Lipinski definition) is 5. The number of carbonyl (C=O) groups excluding carboxylic acids is 1. The van der Waals surface area contributed by atoms with Gasteiger partial charge in [0.05, 0.1) is 11.9 Å². The zero-order chi connectivity index (χ0) is 17.8. The lowest BCUT2D eigenvalue weighted by atomic mass is 9.86. The molecule has 0 N–H and O–H groups in total. The number of pyridine rings is 1. The van der Waals surface area contributed by atoms with E-state index in [2.05, 4.69) is 0 Å². The molecule has 0 amide bonds. The summed E-state index contributed by atoms with van der Waals surface area (Å²) in [5, 5.41) is 0.950. The first kappa shape index (κ1) is 15.0. The third-order valence-electron chi connectivity index (χ3n) is 5.01. The van der Waals surface area contributed by atoms with Crippen LogP contribution in [0.4, 0.5) is 0 Å². The highest BCUT2D eigenvalue weighted by Crippen LogP contribution is 2.45. The molecule has 0 unspecified atom stereocenters. The van der Waals surface area contributed by atoms with Gasteiger partial charge in [-0.25, -0.2) is 0 Å². The van der Waals surface area contributed by atoms with Crippen molar-refractivity contribution < 1.29 is 19.0 Å². The van der Waals surface area contributed by atoms with Gasteiger partial charge in [-0.3, -0.25) is 9.59 Å². The Morgan fingerprint density at radius 3 is 2.58 bits per heavy atom. The fourth-order valence-electron chi connectivity index (χ4n) is 3.72. The smallest absolute Gasteiger partial charge is 0.312 e. The van der Waals surface area contributed by atoms with Crippen LogP contribution in [0.1, 0.15) is 23.5 Å². The molecule has 0 bridgehead atoms. The molecule has 0 radical (unpaired) electrons. The maximum atomic E-state index is 13.0. The van der Waals surface area contributed by atoms with Gasteiger partial charge in [0, 0.05) is 30.2 Å². The SMILES string of the molecule is Cn1c(=O)c([C@@H]2CC(=O)Oc3cc4c(cc32)OCO4)cc2ccccc21. The second kappa shape index (κ2) is 5.36. The molecule has 1 aromatic heterocycles. The zero-order valence-corrected chi connectivity index (χ0v) is 14.0. The van der Waals surface area contributed by atoms with E-state index in [-0.39, 0.29) is 30.7 Å². The van der Waals surface area contributed by atoms with Crippen LogP contribution in [-0.2, 0) is 11.8 Å². The van der Waals surface area contributed by atoms with Gasteiger partial charge in [0.2, 0.25) is 6.79 Å². The summed E-state index contributed by atoms with van der Waals surface area (Å²) in [7, 11) is 1.75. The van der Waals surface area contributed by atoms with Gasteiger partial charge in [-0.1, -0.05) is 18.2 Å². The molecule has 0 saturated heterocycles. The van der Waals surface area contributed by atoms with Crippen molar-refractivity contribution in [2.45, 2.75) is 12.3 Å². The molecule has 5 rings (SSSR count). The van der Waals surface area contributed by atoms with Crippen LogP contribution in [0.2, 0.25) is 0 Å². The number of para-hydroxylation sites is 1. The molecule has 2 aliphatic rings. The average molecular weight is 349 g/mol. The highest BCUT2D eigenvalue weighted by molar-refractivity contribution is 5.82. The molecule has 6 nitrogen and oxygen atoms in total. The van der Waals surface area contributed by atoms with Gasteiger partial charge in [-0.2, -0.15) is 0 Å². The predicted molar refractivity (Wildman–Crippen MR) is 93.8 cm³/mol. The maximum Gasteiger partial charge on any atom is 0.312 e. The minimum absolute atomic E-state index is 0.111. The van der Waals surface area contributed by atoms with E-state index < -0.39 is 0 Å². The Labute approximate surface area is 148 Å². The highest BCUT2D eigenvalue weighted by atomic mass is 16.7. The van der Waals surface area contributed by atoms with Crippen molar-refractivity contribution in [2.75, 3.05) is 6.79 Å². The number of rotatable bonds is 1. The quantitative estimate of drug-likeness (QED) is 0.499. The van der Waals surface area contributed by atoms with Crippen molar-refractivity contribution in [3.05, 3.63) is 63.9 Å². The Balaban J connectivity index is 1.75. The molecule has 130 valence electrons. The van der Waals surface area contributed by atoms with Gasteiger partial charge in [0.1, 0.15) is 5.75 Å².